The molecule has 1 N–H and O–H groups in total. The van der Waals surface area contributed by atoms with Crippen LogP contribution in [-0.2, 0) is 0 Å². The first-order valence-electron chi connectivity index (χ1n) is 5.71. The molecule has 0 atom stereocenters. The zero-order valence-electron chi connectivity index (χ0n) is 9.67. The van der Waals surface area contributed by atoms with Gasteiger partial charge in [0, 0.05) is 24.5 Å². The summed E-state index contributed by atoms with van der Waals surface area (Å²) in [5, 5.41) is 4.89. The number of benzene rings is 1. The van der Waals surface area contributed by atoms with Gasteiger partial charge in [-0.25, -0.2) is 4.98 Å². The van der Waals surface area contributed by atoms with Gasteiger partial charge in [-0.3, -0.25) is 0 Å². The van der Waals surface area contributed by atoms with Gasteiger partial charge in [-0.1, -0.05) is 24.3 Å². The average Bonchev–Trinajstić information content (AvgIpc) is 2.33. The molecule has 5 heteroatoms. The molecule has 18 heavy (non-hydrogen) atoms. The van der Waals surface area contributed by atoms with Crippen molar-refractivity contribution in [2.24, 2.45) is 0 Å². The van der Waals surface area contributed by atoms with Crippen LogP contribution >= 0.6 is 0 Å². The second-order valence-corrected chi connectivity index (χ2v) is 4.03. The molecule has 0 saturated carbocycles. The molecule has 96 valence electrons. The lowest BCUT2D eigenvalue weighted by atomic mass is 10.1. The molecule has 0 amide bonds. The van der Waals surface area contributed by atoms with Crippen molar-refractivity contribution in [2.75, 3.05) is 11.9 Å². The SMILES string of the molecule is FC(F)(F)CCCNc1nccc2ccccc12. The Hall–Kier alpha value is -1.78. The van der Waals surface area contributed by atoms with Gasteiger partial charge in [0.25, 0.3) is 0 Å². The van der Waals surface area contributed by atoms with E-state index in [0.29, 0.717) is 5.82 Å². The minimum absolute atomic E-state index is 0.0500. The van der Waals surface area contributed by atoms with Crippen LogP contribution in [0.25, 0.3) is 10.8 Å². The molecule has 1 aromatic carbocycles. The minimum Gasteiger partial charge on any atom is -0.370 e. The number of aromatic nitrogens is 1. The molecule has 2 rings (SSSR count). The number of pyridine rings is 1. The molecule has 0 aliphatic carbocycles. The molecule has 0 spiro atoms. The van der Waals surface area contributed by atoms with Crippen LogP contribution in [0.5, 0.6) is 0 Å². The first-order valence-corrected chi connectivity index (χ1v) is 5.71. The van der Waals surface area contributed by atoms with E-state index in [9.17, 15) is 13.2 Å². The Morgan fingerprint density at radius 1 is 1.11 bits per heavy atom. The van der Waals surface area contributed by atoms with Crippen LogP contribution in [0, 0.1) is 0 Å². The lowest BCUT2D eigenvalue weighted by Gasteiger charge is -2.09. The predicted octanol–water partition coefficient (Wildman–Crippen LogP) is 3.99. The van der Waals surface area contributed by atoms with Crippen LogP contribution in [0.4, 0.5) is 19.0 Å². The maximum Gasteiger partial charge on any atom is 0.389 e. The Labute approximate surface area is 103 Å². The van der Waals surface area contributed by atoms with Gasteiger partial charge >= 0.3 is 6.18 Å². The lowest BCUT2D eigenvalue weighted by Crippen LogP contribution is -2.11. The standard InChI is InChI=1S/C13H13F3N2/c14-13(15,16)7-3-8-17-12-11-5-2-1-4-10(11)6-9-18-12/h1-2,4-6,9H,3,7-8H2,(H,17,18). The van der Waals surface area contributed by atoms with Crippen LogP contribution < -0.4 is 5.32 Å². The van der Waals surface area contributed by atoms with Crippen LogP contribution in [0.2, 0.25) is 0 Å². The monoisotopic (exact) mass is 254 g/mol. The van der Waals surface area contributed by atoms with Gasteiger partial charge < -0.3 is 5.32 Å². The number of halogens is 3. The predicted molar refractivity (Wildman–Crippen MR) is 65.5 cm³/mol. The Kier molecular flexibility index (Phi) is 3.69. The van der Waals surface area contributed by atoms with Crippen molar-refractivity contribution in [1.82, 2.24) is 4.98 Å². The maximum absolute atomic E-state index is 12.0. The largest absolute Gasteiger partial charge is 0.389 e. The molecule has 0 aliphatic rings. The van der Waals surface area contributed by atoms with Gasteiger partial charge in [-0.15, -0.1) is 0 Å². The Bertz CT molecular complexity index is 518. The van der Waals surface area contributed by atoms with Crippen LogP contribution in [0.3, 0.4) is 0 Å². The maximum atomic E-state index is 12.0. The van der Waals surface area contributed by atoms with Crippen molar-refractivity contribution >= 4 is 16.6 Å². The second kappa shape index (κ2) is 5.25. The first-order chi connectivity index (χ1) is 8.56. The summed E-state index contributed by atoms with van der Waals surface area (Å²) in [6, 6.07) is 9.50. The highest BCUT2D eigenvalue weighted by Gasteiger charge is 2.25. The molecular weight excluding hydrogens is 241 g/mol. The van der Waals surface area contributed by atoms with Crippen molar-refractivity contribution in [3.05, 3.63) is 36.5 Å². The molecule has 2 nitrogen and oxygen atoms in total. The van der Waals surface area contributed by atoms with Gasteiger partial charge in [0.05, 0.1) is 0 Å². The fraction of sp³-hybridized carbons (Fsp3) is 0.308. The van der Waals surface area contributed by atoms with E-state index in [1.165, 1.54) is 0 Å². The number of nitrogens with one attached hydrogen (secondary N) is 1. The number of anilines is 1. The van der Waals surface area contributed by atoms with Crippen molar-refractivity contribution < 1.29 is 13.2 Å². The fourth-order valence-corrected chi connectivity index (χ4v) is 1.76. The van der Waals surface area contributed by atoms with Gasteiger partial charge in [0.2, 0.25) is 0 Å². The van der Waals surface area contributed by atoms with Crippen molar-refractivity contribution in [1.29, 1.82) is 0 Å². The number of nitrogens with zero attached hydrogens (tertiary/aromatic N) is 1. The summed E-state index contributed by atoms with van der Waals surface area (Å²) in [6.45, 7) is 0.264. The van der Waals surface area contributed by atoms with E-state index in [0.717, 1.165) is 10.8 Å². The fourth-order valence-electron chi connectivity index (χ4n) is 1.76. The molecule has 1 heterocycles. The molecule has 0 bridgehead atoms. The Morgan fingerprint density at radius 3 is 2.67 bits per heavy atom. The van der Waals surface area contributed by atoms with Crippen LogP contribution in [0.1, 0.15) is 12.8 Å². The average molecular weight is 254 g/mol. The number of hydrogen-bond acceptors (Lipinski definition) is 2. The summed E-state index contributed by atoms with van der Waals surface area (Å²) >= 11 is 0. The molecule has 0 radical (unpaired) electrons. The summed E-state index contributed by atoms with van der Waals surface area (Å²) < 4.78 is 36.0. The summed E-state index contributed by atoms with van der Waals surface area (Å²) in [4.78, 5) is 4.15. The summed E-state index contributed by atoms with van der Waals surface area (Å²) in [6.07, 6.45) is -3.17. The molecule has 0 aliphatic heterocycles. The Morgan fingerprint density at radius 2 is 1.89 bits per heavy atom. The molecule has 2 aromatic rings. The minimum atomic E-state index is -4.09. The number of rotatable bonds is 4. The third-order valence-electron chi connectivity index (χ3n) is 2.60. The lowest BCUT2D eigenvalue weighted by molar-refractivity contribution is -0.134. The number of alkyl halides is 3. The number of hydrogen-bond donors (Lipinski definition) is 1. The van der Waals surface area contributed by atoms with Crippen molar-refractivity contribution in [2.45, 2.75) is 19.0 Å². The number of fused-ring (bicyclic) bond motifs is 1. The van der Waals surface area contributed by atoms with E-state index in [4.69, 9.17) is 0 Å². The van der Waals surface area contributed by atoms with E-state index in [1.807, 2.05) is 30.3 Å². The van der Waals surface area contributed by atoms with Gasteiger partial charge in [-0.05, 0) is 17.9 Å². The third kappa shape index (κ3) is 3.35. The Balaban J connectivity index is 2.00. The van der Waals surface area contributed by atoms with E-state index >= 15 is 0 Å². The topological polar surface area (TPSA) is 24.9 Å². The molecule has 0 saturated heterocycles. The summed E-state index contributed by atoms with van der Waals surface area (Å²) in [5.41, 5.74) is 0. The highest BCUT2D eigenvalue weighted by molar-refractivity contribution is 5.91. The van der Waals surface area contributed by atoms with Gasteiger partial charge in [0.1, 0.15) is 5.82 Å². The van der Waals surface area contributed by atoms with E-state index in [-0.39, 0.29) is 13.0 Å². The van der Waals surface area contributed by atoms with Crippen molar-refractivity contribution in [3.8, 4) is 0 Å². The van der Waals surface area contributed by atoms with Gasteiger partial charge in [0.15, 0.2) is 0 Å². The molecule has 0 fully saturated rings. The van der Waals surface area contributed by atoms with Crippen LogP contribution in [0.15, 0.2) is 36.5 Å². The zero-order valence-corrected chi connectivity index (χ0v) is 9.67. The quantitative estimate of drug-likeness (QED) is 0.834. The smallest absolute Gasteiger partial charge is 0.370 e. The van der Waals surface area contributed by atoms with Gasteiger partial charge in [-0.2, -0.15) is 13.2 Å². The highest BCUT2D eigenvalue weighted by atomic mass is 19.4. The second-order valence-electron chi connectivity index (χ2n) is 4.03. The normalized spacial score (nSPS) is 11.7. The van der Waals surface area contributed by atoms with E-state index in [1.54, 1.807) is 6.20 Å². The third-order valence-corrected chi connectivity index (χ3v) is 2.60. The molecular formula is C13H13F3N2. The summed E-state index contributed by atoms with van der Waals surface area (Å²) in [5.74, 6) is 0.635. The van der Waals surface area contributed by atoms with E-state index in [2.05, 4.69) is 10.3 Å². The zero-order chi connectivity index (χ0) is 13.0. The molecule has 1 aromatic heterocycles. The van der Waals surface area contributed by atoms with Crippen molar-refractivity contribution in [3.63, 3.8) is 0 Å². The first kappa shape index (κ1) is 12.7. The van der Waals surface area contributed by atoms with E-state index < -0.39 is 12.6 Å². The molecule has 0 unspecified atom stereocenters. The highest BCUT2D eigenvalue weighted by Crippen LogP contribution is 2.23. The van der Waals surface area contributed by atoms with Crippen LogP contribution in [-0.4, -0.2) is 17.7 Å². The summed E-state index contributed by atoms with van der Waals surface area (Å²) in [7, 11) is 0.